The summed E-state index contributed by atoms with van der Waals surface area (Å²) in [6.45, 7) is 7.39. The molecule has 0 aliphatic carbocycles. The van der Waals surface area contributed by atoms with Crippen LogP contribution in [0.15, 0.2) is 18.2 Å². The Hall–Kier alpha value is -1.22. The lowest BCUT2D eigenvalue weighted by molar-refractivity contribution is 0.295. The molecule has 0 aliphatic heterocycles. The molecule has 0 heterocycles. The highest BCUT2D eigenvalue weighted by Gasteiger charge is 2.04. The highest BCUT2D eigenvalue weighted by molar-refractivity contribution is 5.53. The van der Waals surface area contributed by atoms with Gasteiger partial charge in [-0.25, -0.2) is 0 Å². The van der Waals surface area contributed by atoms with E-state index in [9.17, 15) is 0 Å². The van der Waals surface area contributed by atoms with Crippen LogP contribution in [0, 0.1) is 0 Å². The van der Waals surface area contributed by atoms with Crippen LogP contribution in [-0.4, -0.2) is 25.1 Å². The highest BCUT2D eigenvalue weighted by Crippen LogP contribution is 2.22. The molecule has 0 atom stereocenters. The first kappa shape index (κ1) is 11.9. The van der Waals surface area contributed by atoms with Crippen LogP contribution in [0.25, 0.3) is 0 Å². The van der Waals surface area contributed by atoms with Crippen molar-refractivity contribution in [2.45, 2.75) is 20.4 Å². The zero-order valence-corrected chi connectivity index (χ0v) is 9.79. The molecule has 1 aromatic carbocycles. The van der Waals surface area contributed by atoms with Crippen molar-refractivity contribution >= 4 is 5.69 Å². The van der Waals surface area contributed by atoms with Crippen LogP contribution in [0.5, 0.6) is 5.75 Å². The molecule has 3 nitrogen and oxygen atoms in total. The molecule has 0 aromatic heterocycles. The number of ether oxygens (including phenoxy) is 1. The van der Waals surface area contributed by atoms with E-state index in [0.717, 1.165) is 25.4 Å². The summed E-state index contributed by atoms with van der Waals surface area (Å²) in [6.07, 6.45) is 0. The van der Waals surface area contributed by atoms with Gasteiger partial charge in [0, 0.05) is 6.54 Å². The van der Waals surface area contributed by atoms with Gasteiger partial charge in [0.2, 0.25) is 0 Å². The second kappa shape index (κ2) is 5.61. The standard InChI is InChI=1S/C12H20N2O/c1-4-14(5-2)9-10-6-7-11(13)12(8-10)15-3/h6-8H,4-5,9,13H2,1-3H3. The van der Waals surface area contributed by atoms with E-state index in [4.69, 9.17) is 10.5 Å². The van der Waals surface area contributed by atoms with E-state index in [-0.39, 0.29) is 0 Å². The fourth-order valence-corrected chi connectivity index (χ4v) is 1.56. The van der Waals surface area contributed by atoms with E-state index < -0.39 is 0 Å². The van der Waals surface area contributed by atoms with Gasteiger partial charge in [-0.3, -0.25) is 4.90 Å². The molecule has 0 saturated heterocycles. The Morgan fingerprint density at radius 2 is 1.93 bits per heavy atom. The van der Waals surface area contributed by atoms with Crippen LogP contribution in [0.4, 0.5) is 5.69 Å². The monoisotopic (exact) mass is 208 g/mol. The summed E-state index contributed by atoms with van der Waals surface area (Å²) in [7, 11) is 1.65. The van der Waals surface area contributed by atoms with Crippen molar-refractivity contribution < 1.29 is 4.74 Å². The van der Waals surface area contributed by atoms with Crippen LogP contribution in [0.1, 0.15) is 19.4 Å². The van der Waals surface area contributed by atoms with Crippen LogP contribution in [0.3, 0.4) is 0 Å². The lowest BCUT2D eigenvalue weighted by atomic mass is 10.2. The molecule has 2 N–H and O–H groups in total. The molecule has 84 valence electrons. The Morgan fingerprint density at radius 1 is 1.27 bits per heavy atom. The molecule has 0 radical (unpaired) electrons. The Balaban J connectivity index is 2.77. The Kier molecular flexibility index (Phi) is 4.43. The van der Waals surface area contributed by atoms with Crippen LogP contribution in [-0.2, 0) is 6.54 Å². The fourth-order valence-electron chi connectivity index (χ4n) is 1.56. The first-order chi connectivity index (χ1) is 7.21. The molecule has 0 saturated carbocycles. The third kappa shape index (κ3) is 3.13. The lowest BCUT2D eigenvalue weighted by Gasteiger charge is -2.18. The lowest BCUT2D eigenvalue weighted by Crippen LogP contribution is -2.22. The maximum atomic E-state index is 5.76. The summed E-state index contributed by atoms with van der Waals surface area (Å²) < 4.78 is 5.19. The molecular formula is C12H20N2O. The van der Waals surface area contributed by atoms with E-state index in [0.29, 0.717) is 5.69 Å². The minimum atomic E-state index is 0.695. The van der Waals surface area contributed by atoms with Gasteiger partial charge in [-0.05, 0) is 30.8 Å². The third-order valence-electron chi connectivity index (χ3n) is 2.60. The predicted molar refractivity (Wildman–Crippen MR) is 64.0 cm³/mol. The van der Waals surface area contributed by atoms with Crippen molar-refractivity contribution in [2.75, 3.05) is 25.9 Å². The number of nitrogen functional groups attached to an aromatic ring is 1. The van der Waals surface area contributed by atoms with Gasteiger partial charge in [0.15, 0.2) is 0 Å². The van der Waals surface area contributed by atoms with Crippen LogP contribution in [0.2, 0.25) is 0 Å². The summed E-state index contributed by atoms with van der Waals surface area (Å²) in [4.78, 5) is 2.35. The van der Waals surface area contributed by atoms with Gasteiger partial charge < -0.3 is 10.5 Å². The highest BCUT2D eigenvalue weighted by atomic mass is 16.5. The second-order valence-electron chi connectivity index (χ2n) is 3.54. The normalized spacial score (nSPS) is 10.7. The summed E-state index contributed by atoms with van der Waals surface area (Å²) in [5.74, 6) is 0.764. The Bertz CT molecular complexity index is 308. The van der Waals surface area contributed by atoms with E-state index in [1.165, 1.54) is 5.56 Å². The van der Waals surface area contributed by atoms with Gasteiger partial charge in [-0.1, -0.05) is 19.9 Å². The number of hydrogen-bond acceptors (Lipinski definition) is 3. The van der Waals surface area contributed by atoms with Gasteiger partial charge in [0.05, 0.1) is 12.8 Å². The number of benzene rings is 1. The average molecular weight is 208 g/mol. The molecule has 0 spiro atoms. The van der Waals surface area contributed by atoms with Crippen LogP contribution < -0.4 is 10.5 Å². The summed E-state index contributed by atoms with van der Waals surface area (Å²) in [5.41, 5.74) is 7.69. The van der Waals surface area contributed by atoms with Gasteiger partial charge in [0.1, 0.15) is 5.75 Å². The van der Waals surface area contributed by atoms with Gasteiger partial charge >= 0.3 is 0 Å². The number of rotatable bonds is 5. The molecule has 15 heavy (non-hydrogen) atoms. The van der Waals surface area contributed by atoms with Crippen molar-refractivity contribution in [3.05, 3.63) is 23.8 Å². The minimum absolute atomic E-state index is 0.695. The van der Waals surface area contributed by atoms with Crippen molar-refractivity contribution in [2.24, 2.45) is 0 Å². The van der Waals surface area contributed by atoms with Crippen LogP contribution >= 0.6 is 0 Å². The molecule has 0 bridgehead atoms. The quantitative estimate of drug-likeness (QED) is 0.753. The maximum absolute atomic E-state index is 5.76. The third-order valence-corrected chi connectivity index (χ3v) is 2.60. The van der Waals surface area contributed by atoms with Gasteiger partial charge in [0.25, 0.3) is 0 Å². The molecule has 0 aliphatic rings. The number of nitrogens with two attached hydrogens (primary N) is 1. The van der Waals surface area contributed by atoms with E-state index >= 15 is 0 Å². The van der Waals surface area contributed by atoms with E-state index in [1.54, 1.807) is 7.11 Å². The Morgan fingerprint density at radius 3 is 2.47 bits per heavy atom. The molecular weight excluding hydrogens is 188 g/mol. The largest absolute Gasteiger partial charge is 0.495 e. The zero-order valence-electron chi connectivity index (χ0n) is 9.79. The first-order valence-corrected chi connectivity index (χ1v) is 5.36. The number of methoxy groups -OCH3 is 1. The summed E-state index contributed by atoms with van der Waals surface area (Å²) in [6, 6.07) is 5.96. The number of nitrogens with zero attached hydrogens (tertiary/aromatic N) is 1. The number of anilines is 1. The van der Waals surface area contributed by atoms with Gasteiger partial charge in [-0.2, -0.15) is 0 Å². The average Bonchev–Trinajstić information content (AvgIpc) is 2.28. The van der Waals surface area contributed by atoms with E-state index in [2.05, 4.69) is 24.8 Å². The maximum Gasteiger partial charge on any atom is 0.142 e. The predicted octanol–water partition coefficient (Wildman–Crippen LogP) is 2.12. The second-order valence-corrected chi connectivity index (χ2v) is 3.54. The Labute approximate surface area is 91.8 Å². The SMILES string of the molecule is CCN(CC)Cc1ccc(N)c(OC)c1. The molecule has 0 fully saturated rings. The first-order valence-electron chi connectivity index (χ1n) is 5.36. The smallest absolute Gasteiger partial charge is 0.142 e. The molecule has 1 rings (SSSR count). The zero-order chi connectivity index (χ0) is 11.3. The minimum Gasteiger partial charge on any atom is -0.495 e. The topological polar surface area (TPSA) is 38.5 Å². The fraction of sp³-hybridized carbons (Fsp3) is 0.500. The van der Waals surface area contributed by atoms with Crippen molar-refractivity contribution in [1.29, 1.82) is 0 Å². The van der Waals surface area contributed by atoms with Crippen molar-refractivity contribution in [3.63, 3.8) is 0 Å². The molecule has 1 aromatic rings. The van der Waals surface area contributed by atoms with Crippen molar-refractivity contribution in [3.8, 4) is 5.75 Å². The molecule has 3 heteroatoms. The van der Waals surface area contributed by atoms with Crippen molar-refractivity contribution in [1.82, 2.24) is 4.90 Å². The number of hydrogen-bond donors (Lipinski definition) is 1. The molecule has 0 unspecified atom stereocenters. The van der Waals surface area contributed by atoms with Gasteiger partial charge in [-0.15, -0.1) is 0 Å². The molecule has 0 amide bonds. The van der Waals surface area contributed by atoms with E-state index in [1.807, 2.05) is 12.1 Å². The summed E-state index contributed by atoms with van der Waals surface area (Å²) >= 11 is 0. The summed E-state index contributed by atoms with van der Waals surface area (Å²) in [5, 5.41) is 0.